The van der Waals surface area contributed by atoms with Gasteiger partial charge >= 0.3 is 0 Å². The van der Waals surface area contributed by atoms with Crippen LogP contribution in [0, 0.1) is 0 Å². The normalized spacial score (nSPS) is 12.5. The largest absolute Gasteiger partial charge is 0.456 e. The van der Waals surface area contributed by atoms with Gasteiger partial charge in [0.2, 0.25) is 0 Å². The highest BCUT2D eigenvalue weighted by Gasteiger charge is 2.18. The van der Waals surface area contributed by atoms with Crippen LogP contribution in [0.1, 0.15) is 16.7 Å². The van der Waals surface area contributed by atoms with Crippen LogP contribution in [0.2, 0.25) is 0 Å². The highest BCUT2D eigenvalue weighted by Crippen LogP contribution is 2.39. The average Bonchev–Trinajstić information content (AvgIpc) is 2.75. The van der Waals surface area contributed by atoms with Crippen LogP contribution < -0.4 is 4.74 Å². The van der Waals surface area contributed by atoms with Crippen molar-refractivity contribution in [3.05, 3.63) is 124 Å². The number of hydrogen-bond donors (Lipinski definition) is 0. The van der Waals surface area contributed by atoms with E-state index in [1.165, 1.54) is 10.8 Å². The summed E-state index contributed by atoms with van der Waals surface area (Å²) in [6.07, 6.45) is 4.24. The molecule has 0 radical (unpaired) electrons. The first-order valence-electron chi connectivity index (χ1n) is 9.23. The van der Waals surface area contributed by atoms with E-state index in [2.05, 4.69) is 107 Å². The van der Waals surface area contributed by atoms with Gasteiger partial charge in [-0.2, -0.15) is 0 Å². The summed E-state index contributed by atoms with van der Waals surface area (Å²) in [6.45, 7) is 0. The Morgan fingerprint density at radius 3 is 1.96 bits per heavy atom. The van der Waals surface area contributed by atoms with E-state index in [0.717, 1.165) is 38.2 Å². The van der Waals surface area contributed by atoms with E-state index in [-0.39, 0.29) is 0 Å². The fourth-order valence-electron chi connectivity index (χ4n) is 3.69. The van der Waals surface area contributed by atoms with Gasteiger partial charge in [0, 0.05) is 15.6 Å². The van der Waals surface area contributed by atoms with E-state index in [4.69, 9.17) is 4.74 Å². The third-order valence-electron chi connectivity index (χ3n) is 5.00. The van der Waals surface area contributed by atoms with Crippen LogP contribution >= 0.6 is 15.9 Å². The Hall–Kier alpha value is -3.10. The molecule has 0 aliphatic carbocycles. The van der Waals surface area contributed by atoms with Crippen molar-refractivity contribution < 1.29 is 4.74 Å². The summed E-state index contributed by atoms with van der Waals surface area (Å²) in [5.41, 5.74) is 4.49. The van der Waals surface area contributed by atoms with Crippen molar-refractivity contribution in [1.29, 1.82) is 0 Å². The molecule has 1 nitrogen and oxygen atoms in total. The number of hydrogen-bond acceptors (Lipinski definition) is 1. The molecule has 0 saturated heterocycles. The number of benzene rings is 4. The van der Waals surface area contributed by atoms with E-state index < -0.39 is 0 Å². The third kappa shape index (κ3) is 2.96. The minimum absolute atomic E-state index is 0.860. The van der Waals surface area contributed by atoms with E-state index in [0.29, 0.717) is 0 Å². The first-order valence-corrected chi connectivity index (χ1v) is 10.0. The molecular formula is C26H17BrO. The van der Waals surface area contributed by atoms with Crippen LogP contribution in [0.25, 0.3) is 22.4 Å². The van der Waals surface area contributed by atoms with Gasteiger partial charge in [-0.1, -0.05) is 88.7 Å². The molecule has 0 N–H and O–H groups in total. The maximum atomic E-state index is 6.43. The molecule has 1 aliphatic heterocycles. The van der Waals surface area contributed by atoms with E-state index in [1.807, 2.05) is 12.1 Å². The molecule has 0 amide bonds. The lowest BCUT2D eigenvalue weighted by molar-refractivity contribution is 0.443. The number of fused-ring (bicyclic) bond motifs is 3. The summed E-state index contributed by atoms with van der Waals surface area (Å²) in [5, 5.41) is 2.37. The molecule has 0 spiro atoms. The monoisotopic (exact) mass is 424 g/mol. The second-order valence-electron chi connectivity index (χ2n) is 6.72. The summed E-state index contributed by atoms with van der Waals surface area (Å²) in [7, 11) is 0. The fraction of sp³-hybridized carbons (Fsp3) is 0. The molecule has 0 atom stereocenters. The minimum Gasteiger partial charge on any atom is -0.456 e. The molecule has 0 aromatic heterocycles. The molecule has 28 heavy (non-hydrogen) atoms. The molecule has 0 fully saturated rings. The van der Waals surface area contributed by atoms with Crippen LogP contribution in [0.15, 0.2) is 107 Å². The quantitative estimate of drug-likeness (QED) is 0.324. The maximum Gasteiger partial charge on any atom is 0.135 e. The molecule has 0 bridgehead atoms. The zero-order chi connectivity index (χ0) is 18.9. The summed E-state index contributed by atoms with van der Waals surface area (Å²) >= 11 is 3.65. The van der Waals surface area contributed by atoms with Gasteiger partial charge in [-0.3, -0.25) is 0 Å². The Labute approximate surface area is 172 Å². The van der Waals surface area contributed by atoms with E-state index in [9.17, 15) is 0 Å². The zero-order valence-electron chi connectivity index (χ0n) is 15.1. The molecule has 0 saturated carbocycles. The molecule has 0 unspecified atom stereocenters. The van der Waals surface area contributed by atoms with Gasteiger partial charge in [-0.05, 0) is 52.3 Å². The SMILES string of the molecule is Brc1cccc2c3c(ccc12)OC(=C(c1ccccc1)c1ccccc1)C=C3. The van der Waals surface area contributed by atoms with Gasteiger partial charge in [-0.25, -0.2) is 0 Å². The molecule has 4 aromatic carbocycles. The van der Waals surface area contributed by atoms with Gasteiger partial charge in [0.15, 0.2) is 0 Å². The average molecular weight is 425 g/mol. The van der Waals surface area contributed by atoms with Crippen molar-refractivity contribution in [2.24, 2.45) is 0 Å². The predicted molar refractivity (Wildman–Crippen MR) is 120 cm³/mol. The lowest BCUT2D eigenvalue weighted by atomic mass is 9.95. The Kier molecular flexibility index (Phi) is 4.34. The number of allylic oxidation sites excluding steroid dienone is 1. The maximum absolute atomic E-state index is 6.43. The fourth-order valence-corrected chi connectivity index (χ4v) is 4.19. The summed E-state index contributed by atoms with van der Waals surface area (Å²) in [4.78, 5) is 0. The number of ether oxygens (including phenoxy) is 1. The van der Waals surface area contributed by atoms with E-state index in [1.54, 1.807) is 0 Å². The molecule has 4 aromatic rings. The molecule has 134 valence electrons. The number of halogens is 1. The van der Waals surface area contributed by atoms with Crippen molar-refractivity contribution in [3.8, 4) is 5.75 Å². The Bertz CT molecular complexity index is 1180. The molecular weight excluding hydrogens is 408 g/mol. The van der Waals surface area contributed by atoms with Crippen LogP contribution in [-0.4, -0.2) is 0 Å². The van der Waals surface area contributed by atoms with Gasteiger partial charge in [0.1, 0.15) is 11.5 Å². The van der Waals surface area contributed by atoms with Gasteiger partial charge in [-0.15, -0.1) is 0 Å². The standard InChI is InChI=1S/C26H17BrO/c27-23-13-7-12-20-21(23)14-16-24-22(20)15-17-25(28-24)26(18-8-3-1-4-9-18)19-10-5-2-6-11-19/h1-17H. The molecule has 2 heteroatoms. The van der Waals surface area contributed by atoms with Crippen molar-refractivity contribution in [3.63, 3.8) is 0 Å². The van der Waals surface area contributed by atoms with Crippen LogP contribution in [0.3, 0.4) is 0 Å². The van der Waals surface area contributed by atoms with Gasteiger partial charge in [0.25, 0.3) is 0 Å². The summed E-state index contributed by atoms with van der Waals surface area (Å²) < 4.78 is 7.52. The summed E-state index contributed by atoms with van der Waals surface area (Å²) in [5.74, 6) is 1.74. The number of rotatable bonds is 2. The minimum atomic E-state index is 0.860. The van der Waals surface area contributed by atoms with Crippen molar-refractivity contribution in [1.82, 2.24) is 0 Å². The third-order valence-corrected chi connectivity index (χ3v) is 5.69. The van der Waals surface area contributed by atoms with E-state index >= 15 is 0 Å². The lowest BCUT2D eigenvalue weighted by Gasteiger charge is -2.20. The summed E-state index contributed by atoms with van der Waals surface area (Å²) in [6, 6.07) is 31.2. The van der Waals surface area contributed by atoms with Gasteiger partial charge < -0.3 is 4.74 Å². The first kappa shape index (κ1) is 17.0. The Morgan fingerprint density at radius 1 is 0.607 bits per heavy atom. The molecule has 1 heterocycles. The molecule has 5 rings (SSSR count). The topological polar surface area (TPSA) is 9.23 Å². The Morgan fingerprint density at radius 2 is 1.29 bits per heavy atom. The predicted octanol–water partition coefficient (Wildman–Crippen LogP) is 7.47. The smallest absolute Gasteiger partial charge is 0.135 e. The van der Waals surface area contributed by atoms with Crippen molar-refractivity contribution in [2.75, 3.05) is 0 Å². The lowest BCUT2D eigenvalue weighted by Crippen LogP contribution is -2.04. The van der Waals surface area contributed by atoms with Crippen LogP contribution in [0.4, 0.5) is 0 Å². The Balaban J connectivity index is 1.71. The first-order chi connectivity index (χ1) is 13.8. The van der Waals surface area contributed by atoms with Crippen LogP contribution in [0.5, 0.6) is 5.75 Å². The zero-order valence-corrected chi connectivity index (χ0v) is 16.7. The van der Waals surface area contributed by atoms with Crippen molar-refractivity contribution in [2.45, 2.75) is 0 Å². The second kappa shape index (κ2) is 7.14. The highest BCUT2D eigenvalue weighted by molar-refractivity contribution is 9.10. The van der Waals surface area contributed by atoms with Crippen LogP contribution in [-0.2, 0) is 0 Å². The highest BCUT2D eigenvalue weighted by atomic mass is 79.9. The van der Waals surface area contributed by atoms with Gasteiger partial charge in [0.05, 0.1) is 0 Å². The second-order valence-corrected chi connectivity index (χ2v) is 7.57. The van der Waals surface area contributed by atoms with Crippen molar-refractivity contribution >= 4 is 38.4 Å². The molecule has 1 aliphatic rings.